The quantitative estimate of drug-likeness (QED) is 0.390. The van der Waals surface area contributed by atoms with Gasteiger partial charge < -0.3 is 19.4 Å². The Bertz CT molecular complexity index is 299. The van der Waals surface area contributed by atoms with Crippen molar-refractivity contribution in [3.63, 3.8) is 0 Å². The van der Waals surface area contributed by atoms with Crippen LogP contribution in [0.2, 0.25) is 0 Å². The molecule has 0 unspecified atom stereocenters. The van der Waals surface area contributed by atoms with Crippen molar-refractivity contribution in [2.24, 2.45) is 7.05 Å². The first-order chi connectivity index (χ1) is 7.60. The summed E-state index contributed by atoms with van der Waals surface area (Å²) in [7, 11) is 3.48. The molecule has 1 rings (SSSR count). The van der Waals surface area contributed by atoms with Gasteiger partial charge >= 0.3 is 0 Å². The van der Waals surface area contributed by atoms with Gasteiger partial charge in [-0.15, -0.1) is 0 Å². The van der Waals surface area contributed by atoms with E-state index in [1.807, 2.05) is 17.8 Å². The summed E-state index contributed by atoms with van der Waals surface area (Å²) in [5.41, 5.74) is 0. The van der Waals surface area contributed by atoms with Gasteiger partial charge in [-0.3, -0.25) is 0 Å². The Balaban J connectivity index is 0.000000281. The molecule has 0 N–H and O–H groups in total. The van der Waals surface area contributed by atoms with E-state index in [1.165, 1.54) is 7.11 Å². The van der Waals surface area contributed by atoms with E-state index in [0.29, 0.717) is 0 Å². The highest BCUT2D eigenvalue weighted by Crippen LogP contribution is 1.79. The lowest BCUT2D eigenvalue weighted by atomic mass is 10.7. The third-order valence-corrected chi connectivity index (χ3v) is 1.70. The molecule has 0 aliphatic carbocycles. The zero-order valence-corrected chi connectivity index (χ0v) is 9.88. The average molecular weight is 230 g/mol. The summed E-state index contributed by atoms with van der Waals surface area (Å²) in [5.74, 6) is 0. The zero-order chi connectivity index (χ0) is 12.4. The molecule has 0 amide bonds. The topological polar surface area (TPSA) is 67.4 Å². The molecule has 16 heavy (non-hydrogen) atoms. The van der Waals surface area contributed by atoms with Crippen LogP contribution in [0.15, 0.2) is 18.7 Å². The number of methoxy groups -OCH3 is 1. The molecular formula is C10H18N2O4. The molecule has 0 fully saturated rings. The number of aromatic nitrogens is 2. The fourth-order valence-corrected chi connectivity index (χ4v) is 0.897. The van der Waals surface area contributed by atoms with E-state index in [9.17, 15) is 9.90 Å². The standard InChI is InChI=1S/C6H11N2.C4H8O4/c1-3-8-5-4-7(2)6-8;1-7-2-3-8-4(5)6/h4-6H,3H2,1-2H3;2-3H2,1H3,(H,5,6)/q+1;/p-1. The van der Waals surface area contributed by atoms with E-state index in [0.717, 1.165) is 6.54 Å². The Hall–Kier alpha value is -1.56. The second kappa shape index (κ2) is 8.72. The van der Waals surface area contributed by atoms with Crippen LogP contribution in [0.4, 0.5) is 4.79 Å². The second-order valence-corrected chi connectivity index (χ2v) is 3.00. The van der Waals surface area contributed by atoms with Gasteiger partial charge in [0.2, 0.25) is 6.33 Å². The van der Waals surface area contributed by atoms with Gasteiger partial charge in [-0.05, 0) is 6.92 Å². The third-order valence-electron chi connectivity index (χ3n) is 1.70. The number of hydrogen-bond acceptors (Lipinski definition) is 4. The van der Waals surface area contributed by atoms with E-state index >= 15 is 0 Å². The van der Waals surface area contributed by atoms with Gasteiger partial charge in [-0.2, -0.15) is 0 Å². The monoisotopic (exact) mass is 230 g/mol. The molecule has 0 aliphatic heterocycles. The SMILES string of the molecule is CCn1cc[n+](C)c1.COCCOC(=O)[O-]. The van der Waals surface area contributed by atoms with Crippen molar-refractivity contribution in [1.82, 2.24) is 4.57 Å². The van der Waals surface area contributed by atoms with E-state index < -0.39 is 6.16 Å². The highest BCUT2D eigenvalue weighted by molar-refractivity contribution is 5.53. The summed E-state index contributed by atoms with van der Waals surface area (Å²) in [5, 5.41) is 9.49. The Morgan fingerprint density at radius 2 is 2.19 bits per heavy atom. The first-order valence-corrected chi connectivity index (χ1v) is 4.93. The minimum absolute atomic E-state index is 0.0405. The number of rotatable bonds is 4. The van der Waals surface area contributed by atoms with Crippen LogP contribution >= 0.6 is 0 Å². The van der Waals surface area contributed by atoms with Crippen molar-refractivity contribution in [2.45, 2.75) is 13.5 Å². The predicted molar refractivity (Wildman–Crippen MR) is 54.5 cm³/mol. The maximum Gasteiger partial charge on any atom is 0.252 e. The van der Waals surface area contributed by atoms with Crippen molar-refractivity contribution in [1.29, 1.82) is 0 Å². The van der Waals surface area contributed by atoms with Crippen LogP contribution in [0.1, 0.15) is 6.92 Å². The lowest BCUT2D eigenvalue weighted by Crippen LogP contribution is -2.24. The van der Waals surface area contributed by atoms with E-state index in [4.69, 9.17) is 0 Å². The van der Waals surface area contributed by atoms with Gasteiger partial charge in [0.15, 0.2) is 0 Å². The van der Waals surface area contributed by atoms with Crippen molar-refractivity contribution in [3.8, 4) is 0 Å². The van der Waals surface area contributed by atoms with Gasteiger partial charge in [0.1, 0.15) is 12.4 Å². The number of carboxylic acid groups (broad SMARTS) is 1. The molecule has 92 valence electrons. The maximum absolute atomic E-state index is 9.49. The molecule has 0 aliphatic rings. The van der Waals surface area contributed by atoms with Crippen LogP contribution in [0, 0.1) is 0 Å². The van der Waals surface area contributed by atoms with Gasteiger partial charge in [0.05, 0.1) is 26.8 Å². The van der Waals surface area contributed by atoms with E-state index in [2.05, 4.69) is 33.5 Å². The molecule has 0 saturated heterocycles. The number of nitrogens with zero attached hydrogens (tertiary/aromatic N) is 2. The third kappa shape index (κ3) is 7.81. The zero-order valence-electron chi connectivity index (χ0n) is 9.88. The van der Waals surface area contributed by atoms with Crippen molar-refractivity contribution < 1.29 is 23.9 Å². The van der Waals surface area contributed by atoms with Crippen LogP contribution in [0.3, 0.4) is 0 Å². The summed E-state index contributed by atoms with van der Waals surface area (Å²) < 4.78 is 12.6. The van der Waals surface area contributed by atoms with Crippen LogP contribution in [0.25, 0.3) is 0 Å². The van der Waals surface area contributed by atoms with Crippen LogP contribution in [0.5, 0.6) is 0 Å². The molecule has 1 heterocycles. The Labute approximate surface area is 95.0 Å². The number of ether oxygens (including phenoxy) is 2. The molecule has 0 radical (unpaired) electrons. The molecule has 6 heteroatoms. The highest BCUT2D eigenvalue weighted by Gasteiger charge is 1.92. The number of carbonyl (C=O) groups is 1. The summed E-state index contributed by atoms with van der Waals surface area (Å²) in [6.45, 7) is 3.49. The van der Waals surface area contributed by atoms with Crippen molar-refractivity contribution in [2.75, 3.05) is 20.3 Å². The van der Waals surface area contributed by atoms with Gasteiger partial charge in [-0.25, -0.2) is 9.13 Å². The summed E-state index contributed by atoms with van der Waals surface area (Å²) in [4.78, 5) is 9.49. The van der Waals surface area contributed by atoms with Gasteiger partial charge in [0, 0.05) is 7.11 Å². The molecule has 0 saturated carbocycles. The minimum Gasteiger partial charge on any atom is -0.547 e. The smallest absolute Gasteiger partial charge is 0.252 e. The minimum atomic E-state index is -1.51. The first-order valence-electron chi connectivity index (χ1n) is 4.93. The summed E-state index contributed by atoms with van der Waals surface area (Å²) in [6.07, 6.45) is 4.63. The molecule has 6 nitrogen and oxygen atoms in total. The van der Waals surface area contributed by atoms with Gasteiger partial charge in [-0.1, -0.05) is 0 Å². The molecule has 0 aromatic carbocycles. The Kier molecular flexibility index (Phi) is 7.87. The number of imidazole rings is 1. The summed E-state index contributed by atoms with van der Waals surface area (Å²) >= 11 is 0. The van der Waals surface area contributed by atoms with Gasteiger partial charge in [0.25, 0.3) is 6.16 Å². The van der Waals surface area contributed by atoms with Crippen LogP contribution < -0.4 is 9.67 Å². The molecule has 0 bridgehead atoms. The fraction of sp³-hybridized carbons (Fsp3) is 0.600. The van der Waals surface area contributed by atoms with Crippen molar-refractivity contribution >= 4 is 6.16 Å². The predicted octanol–water partition coefficient (Wildman–Crippen LogP) is -0.675. The number of aryl methyl sites for hydroxylation is 2. The number of carbonyl (C=O) groups excluding carboxylic acids is 1. The second-order valence-electron chi connectivity index (χ2n) is 3.00. The largest absolute Gasteiger partial charge is 0.547 e. The van der Waals surface area contributed by atoms with Crippen LogP contribution in [-0.2, 0) is 23.1 Å². The fourth-order valence-electron chi connectivity index (χ4n) is 0.897. The summed E-state index contributed by atoms with van der Waals surface area (Å²) in [6, 6.07) is 0. The highest BCUT2D eigenvalue weighted by atomic mass is 16.7. The molecule has 0 atom stereocenters. The lowest BCUT2D eigenvalue weighted by molar-refractivity contribution is -0.671. The number of hydrogen-bond donors (Lipinski definition) is 0. The molecule has 1 aromatic rings. The molecule has 0 spiro atoms. The van der Waals surface area contributed by atoms with E-state index in [1.54, 1.807) is 0 Å². The lowest BCUT2D eigenvalue weighted by Gasteiger charge is -2.04. The molecular weight excluding hydrogens is 212 g/mol. The van der Waals surface area contributed by atoms with Crippen LogP contribution in [-0.4, -0.2) is 31.0 Å². The normalized spacial score (nSPS) is 9.19. The van der Waals surface area contributed by atoms with E-state index in [-0.39, 0.29) is 13.2 Å². The van der Waals surface area contributed by atoms with Crippen molar-refractivity contribution in [3.05, 3.63) is 18.7 Å². The average Bonchev–Trinajstić information content (AvgIpc) is 2.65. The Morgan fingerprint density at radius 1 is 1.50 bits per heavy atom. The molecule has 1 aromatic heterocycles. The maximum atomic E-state index is 9.49. The first kappa shape index (κ1) is 14.4. The Morgan fingerprint density at radius 3 is 2.50 bits per heavy atom.